The molecule has 162 valence electrons. The van der Waals surface area contributed by atoms with E-state index in [1.807, 2.05) is 0 Å². The van der Waals surface area contributed by atoms with Gasteiger partial charge in [-0.15, -0.1) is 0 Å². The van der Waals surface area contributed by atoms with Crippen LogP contribution in [0.15, 0.2) is 42.0 Å². The Labute approximate surface area is 166 Å². The number of nitrogens with zero attached hydrogens (tertiary/aromatic N) is 1. The molecule has 0 radical (unpaired) electrons. The Bertz CT molecular complexity index is 944. The third kappa shape index (κ3) is 2.49. The first-order valence-corrected chi connectivity index (χ1v) is 8.53. The van der Waals surface area contributed by atoms with Gasteiger partial charge in [-0.3, -0.25) is 15.0 Å². The number of rotatable bonds is 4. The molecular formula is C18H15F5N2O5. The summed E-state index contributed by atoms with van der Waals surface area (Å²) in [6, 6.07) is 3.35. The van der Waals surface area contributed by atoms with E-state index in [4.69, 9.17) is 0 Å². The monoisotopic (exact) mass is 434 g/mol. The fourth-order valence-electron chi connectivity index (χ4n) is 3.79. The normalized spacial score (nSPS) is 34.7. The van der Waals surface area contributed by atoms with E-state index in [1.165, 1.54) is 6.07 Å². The summed E-state index contributed by atoms with van der Waals surface area (Å²) in [5.74, 6) is -13.1. The first kappa shape index (κ1) is 21.7. The number of halogens is 5. The number of hydrogen-bond donors (Lipinski definition) is 2. The van der Waals surface area contributed by atoms with Crippen LogP contribution in [0.2, 0.25) is 0 Å². The molecule has 1 saturated heterocycles. The number of amides is 3. The predicted molar refractivity (Wildman–Crippen MR) is 89.4 cm³/mol. The third-order valence-corrected chi connectivity index (χ3v) is 5.20. The Balaban J connectivity index is 2.43. The fraction of sp³-hybridized carbons (Fsp3) is 0.389. The van der Waals surface area contributed by atoms with Crippen LogP contribution in [0.25, 0.3) is 0 Å². The molecule has 3 amide bonds. The van der Waals surface area contributed by atoms with E-state index in [0.29, 0.717) is 7.11 Å². The largest absolute Gasteiger partial charge is 0.478 e. The number of benzene rings is 1. The van der Waals surface area contributed by atoms with Crippen molar-refractivity contribution in [3.8, 4) is 0 Å². The van der Waals surface area contributed by atoms with Crippen LogP contribution in [0, 0.1) is 0 Å². The number of methoxy groups -OCH3 is 1. The molecule has 30 heavy (non-hydrogen) atoms. The van der Waals surface area contributed by atoms with Crippen LogP contribution in [0.3, 0.4) is 0 Å². The highest BCUT2D eigenvalue weighted by molar-refractivity contribution is 5.97. The number of carboxylic acids is 1. The highest BCUT2D eigenvalue weighted by Gasteiger charge is 2.82. The predicted octanol–water partition coefficient (Wildman–Crippen LogP) is 2.43. The van der Waals surface area contributed by atoms with E-state index in [-0.39, 0.29) is 4.90 Å². The van der Waals surface area contributed by atoms with Gasteiger partial charge in [0.15, 0.2) is 17.8 Å². The van der Waals surface area contributed by atoms with E-state index in [1.54, 1.807) is 5.32 Å². The van der Waals surface area contributed by atoms with Crippen molar-refractivity contribution >= 4 is 17.9 Å². The summed E-state index contributed by atoms with van der Waals surface area (Å²) in [6.45, 7) is -0.885. The number of ether oxygens (including phenoxy) is 1. The van der Waals surface area contributed by atoms with E-state index >= 15 is 13.2 Å². The Kier molecular flexibility index (Phi) is 5.09. The zero-order valence-electron chi connectivity index (χ0n) is 15.3. The van der Waals surface area contributed by atoms with Gasteiger partial charge in [-0.1, -0.05) is 30.3 Å². The number of carboxylic acid groups (broad SMARTS) is 1. The standard InChI is InChI=1S/C18H15F5N2O5/c1-30-13-11(19)12(20)16(21,14(27)28)17(22,9-5-3-2-4-6-9)18(13,23)25-8-7-10(26)24-15(25)29/h2-6,13H,7-8H2,1H3,(H,27,28)(H,24,26,29). The van der Waals surface area contributed by atoms with Crippen molar-refractivity contribution in [2.24, 2.45) is 0 Å². The van der Waals surface area contributed by atoms with Crippen LogP contribution in [0.5, 0.6) is 0 Å². The summed E-state index contributed by atoms with van der Waals surface area (Å²) in [6.07, 6.45) is -3.48. The molecule has 1 fully saturated rings. The summed E-state index contributed by atoms with van der Waals surface area (Å²) >= 11 is 0. The molecule has 4 atom stereocenters. The molecule has 2 aliphatic rings. The molecule has 0 saturated carbocycles. The molecule has 0 spiro atoms. The van der Waals surface area contributed by atoms with Gasteiger partial charge in [-0.25, -0.2) is 31.5 Å². The van der Waals surface area contributed by atoms with Gasteiger partial charge < -0.3 is 9.84 Å². The topological polar surface area (TPSA) is 95.9 Å². The zero-order valence-corrected chi connectivity index (χ0v) is 15.3. The number of imide groups is 1. The van der Waals surface area contributed by atoms with Gasteiger partial charge in [-0.05, 0) is 5.56 Å². The average molecular weight is 434 g/mol. The van der Waals surface area contributed by atoms with E-state index in [2.05, 4.69) is 4.74 Å². The van der Waals surface area contributed by atoms with Crippen molar-refractivity contribution in [3.05, 3.63) is 47.5 Å². The first-order chi connectivity index (χ1) is 14.0. The number of nitrogens with one attached hydrogen (secondary N) is 1. The Morgan fingerprint density at radius 2 is 1.80 bits per heavy atom. The molecule has 1 aliphatic heterocycles. The maximum Gasteiger partial charge on any atom is 0.352 e. The molecule has 0 bridgehead atoms. The van der Waals surface area contributed by atoms with Gasteiger partial charge in [0.2, 0.25) is 11.6 Å². The lowest BCUT2D eigenvalue weighted by Gasteiger charge is -2.54. The molecule has 12 heteroatoms. The molecule has 1 heterocycles. The molecule has 1 aliphatic carbocycles. The summed E-state index contributed by atoms with van der Waals surface area (Å²) in [7, 11) is 0.635. The second-order valence-electron chi connectivity index (χ2n) is 6.69. The summed E-state index contributed by atoms with van der Waals surface area (Å²) in [4.78, 5) is 35.3. The Morgan fingerprint density at radius 3 is 2.30 bits per heavy atom. The van der Waals surface area contributed by atoms with Crippen LogP contribution in [-0.2, 0) is 20.0 Å². The van der Waals surface area contributed by atoms with Gasteiger partial charge >= 0.3 is 17.7 Å². The number of carbonyl (C=O) groups is 3. The highest BCUT2D eigenvalue weighted by atomic mass is 19.2. The molecule has 1 aromatic carbocycles. The quantitative estimate of drug-likeness (QED) is 0.561. The SMILES string of the molecule is COC1C(F)=C(F)C(F)(C(=O)O)C(F)(c2ccccc2)C1(F)N1CCC(=O)NC1=O. The van der Waals surface area contributed by atoms with Crippen molar-refractivity contribution in [2.45, 2.75) is 29.7 Å². The number of carbonyl (C=O) groups excluding carboxylic acids is 2. The third-order valence-electron chi connectivity index (χ3n) is 5.20. The van der Waals surface area contributed by atoms with Crippen molar-refractivity contribution < 1.29 is 46.2 Å². The number of aliphatic carboxylic acids is 1. The molecule has 2 N–H and O–H groups in total. The van der Waals surface area contributed by atoms with Crippen molar-refractivity contribution in [3.63, 3.8) is 0 Å². The smallest absolute Gasteiger partial charge is 0.352 e. The van der Waals surface area contributed by atoms with Gasteiger partial charge in [0.1, 0.15) is 0 Å². The average Bonchev–Trinajstić information content (AvgIpc) is 2.71. The van der Waals surface area contributed by atoms with Crippen LogP contribution in [0.4, 0.5) is 26.7 Å². The van der Waals surface area contributed by atoms with Gasteiger partial charge in [-0.2, -0.15) is 0 Å². The molecule has 3 rings (SSSR count). The van der Waals surface area contributed by atoms with Crippen molar-refractivity contribution in [1.82, 2.24) is 10.2 Å². The van der Waals surface area contributed by atoms with Crippen molar-refractivity contribution in [1.29, 1.82) is 0 Å². The van der Waals surface area contributed by atoms with E-state index < -0.39 is 71.3 Å². The molecule has 0 aromatic heterocycles. The minimum absolute atomic E-state index is 0.0984. The number of alkyl halides is 3. The highest BCUT2D eigenvalue weighted by Crippen LogP contribution is 2.61. The molecule has 7 nitrogen and oxygen atoms in total. The summed E-state index contributed by atoms with van der Waals surface area (Å²) in [5, 5.41) is 11.0. The van der Waals surface area contributed by atoms with Crippen LogP contribution < -0.4 is 5.32 Å². The Hall–Kier alpha value is -3.02. The first-order valence-electron chi connectivity index (χ1n) is 8.53. The van der Waals surface area contributed by atoms with Crippen LogP contribution in [0.1, 0.15) is 12.0 Å². The summed E-state index contributed by atoms with van der Waals surface area (Å²) in [5.41, 5.74) is -10.5. The number of urea groups is 1. The van der Waals surface area contributed by atoms with Crippen LogP contribution in [-0.4, -0.2) is 59.1 Å². The van der Waals surface area contributed by atoms with Gasteiger partial charge in [0, 0.05) is 20.1 Å². The lowest BCUT2D eigenvalue weighted by Crippen LogP contribution is -2.77. The molecular weight excluding hydrogens is 419 g/mol. The minimum Gasteiger partial charge on any atom is -0.478 e. The lowest BCUT2D eigenvalue weighted by atomic mass is 9.66. The second kappa shape index (κ2) is 7.04. The van der Waals surface area contributed by atoms with E-state index in [9.17, 15) is 28.3 Å². The van der Waals surface area contributed by atoms with E-state index in [0.717, 1.165) is 24.3 Å². The lowest BCUT2D eigenvalue weighted by molar-refractivity contribution is -0.253. The summed E-state index contributed by atoms with van der Waals surface area (Å²) < 4.78 is 82.8. The van der Waals surface area contributed by atoms with Gasteiger partial charge in [0.25, 0.3) is 5.79 Å². The fourth-order valence-corrected chi connectivity index (χ4v) is 3.79. The number of hydrogen-bond acceptors (Lipinski definition) is 4. The maximum absolute atomic E-state index is 16.6. The minimum atomic E-state index is -4.91. The molecule has 1 aromatic rings. The van der Waals surface area contributed by atoms with Gasteiger partial charge in [0.05, 0.1) is 0 Å². The molecule has 4 unspecified atom stereocenters. The zero-order chi connectivity index (χ0) is 22.5. The van der Waals surface area contributed by atoms with Crippen molar-refractivity contribution in [2.75, 3.05) is 13.7 Å². The maximum atomic E-state index is 16.6. The van der Waals surface area contributed by atoms with Crippen LogP contribution >= 0.6 is 0 Å². The Morgan fingerprint density at radius 1 is 1.20 bits per heavy atom. The second-order valence-corrected chi connectivity index (χ2v) is 6.69.